The molecule has 0 spiro atoms. The minimum atomic E-state index is -4.94. The highest BCUT2D eigenvalue weighted by Crippen LogP contribution is 2.43. The zero-order valence-corrected chi connectivity index (χ0v) is 17.7. The molecule has 166 valence electrons. The molecule has 0 saturated heterocycles. The van der Waals surface area contributed by atoms with Crippen molar-refractivity contribution < 1.29 is 47.6 Å². The quantitative estimate of drug-likeness (QED) is 0.269. The average Bonchev–Trinajstić information content (AvgIpc) is 2.70. The van der Waals surface area contributed by atoms with Crippen LogP contribution in [0, 0.1) is 20.4 Å². The number of halogens is 1. The number of hydrogen-bond acceptors (Lipinski definition) is 8. The predicted molar refractivity (Wildman–Crippen MR) is 101 cm³/mol. The van der Waals surface area contributed by atoms with Gasteiger partial charge in [-0.3, -0.25) is 10.1 Å². The molecule has 0 aromatic heterocycles. The maximum absolute atomic E-state index is 10.8. The van der Waals surface area contributed by atoms with Crippen molar-refractivity contribution in [3.05, 3.63) is 69.5 Å². The van der Waals surface area contributed by atoms with Crippen LogP contribution in [-0.2, 0) is 4.37 Å². The van der Waals surface area contributed by atoms with Crippen LogP contribution in [0.4, 0.5) is 5.69 Å². The Labute approximate surface area is 180 Å². The predicted octanol–water partition coefficient (Wildman–Crippen LogP) is 0.209. The van der Waals surface area contributed by atoms with E-state index in [1.54, 1.807) is 26.4 Å². The van der Waals surface area contributed by atoms with E-state index in [0.29, 0.717) is 18.1 Å². The summed E-state index contributed by atoms with van der Waals surface area (Å²) in [6, 6.07) is 10.3. The van der Waals surface area contributed by atoms with Gasteiger partial charge in [-0.15, -0.1) is 10.2 Å². The van der Waals surface area contributed by atoms with Gasteiger partial charge in [0.2, 0.25) is 12.9 Å². The molecule has 0 fully saturated rings. The molecule has 2 aromatic rings. The normalized spacial score (nSPS) is 13.1. The molecule has 0 unspecified atom stereocenters. The third-order valence-electron chi connectivity index (χ3n) is 4.11. The Hall–Kier alpha value is -3.15. The summed E-state index contributed by atoms with van der Waals surface area (Å²) >= 11 is 0. The van der Waals surface area contributed by atoms with Crippen LogP contribution in [0.15, 0.2) is 48.2 Å². The minimum Gasteiger partial charge on any atom is -0.537 e. The number of nitro groups is 1. The third kappa shape index (κ3) is 7.24. The van der Waals surface area contributed by atoms with Gasteiger partial charge in [-0.2, -0.15) is 0 Å². The number of non-ortho nitro benzene ring substituents is 1. The second kappa shape index (κ2) is 10.2. The van der Waals surface area contributed by atoms with Crippen molar-refractivity contribution in [2.24, 2.45) is 0 Å². The Morgan fingerprint density at radius 2 is 1.58 bits per heavy atom. The number of nitro benzene ring substituents is 1. The lowest BCUT2D eigenvalue weighted by Crippen LogP contribution is -2.68. The van der Waals surface area contributed by atoms with Gasteiger partial charge in [0.05, 0.1) is 30.8 Å². The van der Waals surface area contributed by atoms with Crippen LogP contribution < -0.4 is 28.1 Å². The summed E-state index contributed by atoms with van der Waals surface area (Å²) in [5.74, 6) is 2.27. The molecule has 0 saturated carbocycles. The molecule has 31 heavy (non-hydrogen) atoms. The lowest BCUT2D eigenvalue weighted by atomic mass is 10.1. The summed E-state index contributed by atoms with van der Waals surface area (Å²) < 4.78 is 47.8. The summed E-state index contributed by atoms with van der Waals surface area (Å²) in [4.78, 5) is 10.3. The van der Waals surface area contributed by atoms with Crippen LogP contribution in [0.1, 0.15) is 18.1 Å². The van der Waals surface area contributed by atoms with Crippen LogP contribution in [0.5, 0.6) is 17.2 Å². The molecular formula is C20H20ClNO9. The van der Waals surface area contributed by atoms with Crippen molar-refractivity contribution in [1.29, 1.82) is 0 Å². The maximum atomic E-state index is 10.8. The third-order valence-corrected chi connectivity index (χ3v) is 4.11. The Balaban J connectivity index is 0.000000614. The van der Waals surface area contributed by atoms with E-state index in [0.717, 1.165) is 16.9 Å². The molecule has 0 bridgehead atoms. The Morgan fingerprint density at radius 1 is 1.03 bits per heavy atom. The highest BCUT2D eigenvalue weighted by Gasteiger charge is 2.24. The van der Waals surface area contributed by atoms with Gasteiger partial charge in [-0.1, -0.05) is 0 Å². The van der Waals surface area contributed by atoms with E-state index in [1.165, 1.54) is 17.7 Å². The van der Waals surface area contributed by atoms with Gasteiger partial charge < -0.3 is 13.8 Å². The molecule has 10 nitrogen and oxygen atoms in total. The first kappa shape index (κ1) is 24.1. The molecule has 11 heteroatoms. The van der Waals surface area contributed by atoms with Gasteiger partial charge in [0.25, 0.3) is 11.4 Å². The van der Waals surface area contributed by atoms with Crippen molar-refractivity contribution in [2.45, 2.75) is 6.92 Å². The van der Waals surface area contributed by atoms with Crippen LogP contribution in [0.2, 0.25) is 0 Å². The molecule has 0 amide bonds. The van der Waals surface area contributed by atoms with Crippen LogP contribution >= 0.6 is 0 Å². The molecule has 1 aliphatic heterocycles. The van der Waals surface area contributed by atoms with Crippen molar-refractivity contribution in [3.8, 4) is 17.2 Å². The number of benzene rings is 2. The van der Waals surface area contributed by atoms with Crippen molar-refractivity contribution >= 4 is 17.8 Å². The van der Waals surface area contributed by atoms with E-state index in [4.69, 9.17) is 28.1 Å². The fourth-order valence-electron chi connectivity index (χ4n) is 2.84. The van der Waals surface area contributed by atoms with Gasteiger partial charge in [-0.05, 0) is 30.7 Å². The summed E-state index contributed by atoms with van der Waals surface area (Å²) in [6.07, 6.45) is 5.90. The fourth-order valence-corrected chi connectivity index (χ4v) is 2.84. The van der Waals surface area contributed by atoms with E-state index >= 15 is 0 Å². The molecule has 1 heterocycles. The first-order chi connectivity index (χ1) is 14.5. The van der Waals surface area contributed by atoms with E-state index in [1.807, 2.05) is 24.5 Å². The molecule has 0 atom stereocenters. The number of ether oxygens (including phenoxy) is 2. The van der Waals surface area contributed by atoms with Gasteiger partial charge in [0, 0.05) is 29.8 Å². The minimum absolute atomic E-state index is 0.0775. The summed E-state index contributed by atoms with van der Waals surface area (Å²) in [6.45, 7) is 2.73. The smallest absolute Gasteiger partial charge is 0.272 e. The van der Waals surface area contributed by atoms with Crippen molar-refractivity contribution in [1.82, 2.24) is 0 Å². The molecule has 0 radical (unpaired) electrons. The van der Waals surface area contributed by atoms with Gasteiger partial charge in [0.15, 0.2) is 11.5 Å². The van der Waals surface area contributed by atoms with Gasteiger partial charge in [0.1, 0.15) is 0 Å². The number of hydrogen-bond donors (Lipinski definition) is 0. The highest BCUT2D eigenvalue weighted by molar-refractivity contribution is 5.67. The summed E-state index contributed by atoms with van der Waals surface area (Å²) in [5.41, 5.74) is 3.15. The van der Waals surface area contributed by atoms with Gasteiger partial charge in [-0.25, -0.2) is 18.6 Å². The number of nitrogens with zero attached hydrogens (tertiary/aromatic N) is 1. The lowest BCUT2D eigenvalue weighted by molar-refractivity contribution is -2.00. The first-order valence-corrected chi connectivity index (χ1v) is 9.92. The SMILES string of the molecule is COc1cc2c(cc1OC)[O+](C=Cc1ccc([N+](=O)[O-])cc1)CC(C)=C2.[O-][Cl+3]([O-])([O-])[O-]. The standard InChI is InChI=1S/C20H20NO5.ClHO4/c1-14-10-16-11-18(24-2)19(25-3)12-20(16)26(13-14)9-8-15-4-6-17(7-5-15)21(22)23;2-1(3,4)5/h4-12H,13H2,1-3H3;(H,2,3,4,5)/q+1;/p-1. The molecule has 2 aromatic carbocycles. The summed E-state index contributed by atoms with van der Waals surface area (Å²) in [7, 11) is -1.72. The topological polar surface area (TPSA) is 157 Å². The monoisotopic (exact) mass is 453 g/mol. The van der Waals surface area contributed by atoms with Crippen LogP contribution in [-0.4, -0.2) is 25.7 Å². The Bertz CT molecular complexity index is 975. The van der Waals surface area contributed by atoms with E-state index in [9.17, 15) is 10.1 Å². The highest BCUT2D eigenvalue weighted by atomic mass is 35.7. The zero-order valence-electron chi connectivity index (χ0n) is 16.9. The van der Waals surface area contributed by atoms with Crippen LogP contribution in [0.25, 0.3) is 12.2 Å². The Kier molecular flexibility index (Phi) is 7.97. The van der Waals surface area contributed by atoms with E-state index < -0.39 is 15.2 Å². The maximum Gasteiger partial charge on any atom is 0.272 e. The molecular weight excluding hydrogens is 434 g/mol. The largest absolute Gasteiger partial charge is 0.537 e. The van der Waals surface area contributed by atoms with Gasteiger partial charge >= 0.3 is 0 Å². The fraction of sp³-hybridized carbons (Fsp3) is 0.200. The molecule has 3 rings (SSSR count). The second-order valence-corrected chi connectivity index (χ2v) is 7.09. The molecule has 0 aliphatic carbocycles. The zero-order chi connectivity index (χ0) is 23.2. The second-order valence-electron chi connectivity index (χ2n) is 6.34. The number of fused-ring (bicyclic) bond motifs is 1. The number of methoxy groups -OCH3 is 2. The van der Waals surface area contributed by atoms with Crippen LogP contribution in [0.3, 0.4) is 0 Å². The first-order valence-electron chi connectivity index (χ1n) is 8.69. The summed E-state index contributed by atoms with van der Waals surface area (Å²) in [5, 5.41) is 10.8. The van der Waals surface area contributed by atoms with Crippen molar-refractivity contribution in [3.63, 3.8) is 0 Å². The average molecular weight is 454 g/mol. The van der Waals surface area contributed by atoms with E-state index in [2.05, 4.69) is 17.4 Å². The van der Waals surface area contributed by atoms with Crippen molar-refractivity contribution in [2.75, 3.05) is 20.8 Å². The lowest BCUT2D eigenvalue weighted by Gasteiger charge is -2.26. The Morgan fingerprint density at radius 3 is 2.10 bits per heavy atom. The molecule has 0 N–H and O–H groups in total. The van der Waals surface area contributed by atoms with E-state index in [-0.39, 0.29) is 5.69 Å². The number of rotatable bonds is 5. The molecule has 1 aliphatic rings.